The first-order valence-corrected chi connectivity index (χ1v) is 10.6. The molecule has 3 heterocycles. The summed E-state index contributed by atoms with van der Waals surface area (Å²) in [7, 11) is 6.08. The number of aliphatic hydroxyl groups is 1. The Hall–Kier alpha value is -2.03. The summed E-state index contributed by atoms with van der Waals surface area (Å²) in [6.45, 7) is 1.94. The fourth-order valence-electron chi connectivity index (χ4n) is 4.26. The van der Waals surface area contributed by atoms with Gasteiger partial charge >= 0.3 is 0 Å². The number of pyridine rings is 1. The maximum absolute atomic E-state index is 11.2. The lowest BCUT2D eigenvalue weighted by atomic mass is 9.94. The van der Waals surface area contributed by atoms with Crippen LogP contribution in [0.25, 0.3) is 0 Å². The molecule has 2 saturated heterocycles. The summed E-state index contributed by atoms with van der Waals surface area (Å²) in [6, 6.07) is 14.0. The first kappa shape index (κ1) is 21.2. The van der Waals surface area contributed by atoms with E-state index in [9.17, 15) is 5.11 Å². The van der Waals surface area contributed by atoms with E-state index in [1.54, 1.807) is 0 Å². The van der Waals surface area contributed by atoms with Crippen molar-refractivity contribution in [3.63, 3.8) is 0 Å². The molecular formula is C23H32N4O3. The van der Waals surface area contributed by atoms with Gasteiger partial charge in [0.15, 0.2) is 6.29 Å². The van der Waals surface area contributed by atoms with Gasteiger partial charge in [-0.2, -0.15) is 0 Å². The molecule has 2 aromatic rings. The van der Waals surface area contributed by atoms with Gasteiger partial charge in [-0.1, -0.05) is 18.2 Å². The Morgan fingerprint density at radius 1 is 1.13 bits per heavy atom. The van der Waals surface area contributed by atoms with Crippen LogP contribution in [0.1, 0.15) is 11.3 Å². The van der Waals surface area contributed by atoms with Gasteiger partial charge in [0.2, 0.25) is 0 Å². The molecule has 0 spiro atoms. The first-order chi connectivity index (χ1) is 14.5. The summed E-state index contributed by atoms with van der Waals surface area (Å²) in [5.74, 6) is 0. The van der Waals surface area contributed by atoms with Gasteiger partial charge in [0.25, 0.3) is 0 Å². The van der Waals surface area contributed by atoms with Gasteiger partial charge in [0, 0.05) is 51.2 Å². The van der Waals surface area contributed by atoms with E-state index in [0.29, 0.717) is 13.2 Å². The molecule has 0 unspecified atom stereocenters. The van der Waals surface area contributed by atoms with Gasteiger partial charge in [0.05, 0.1) is 24.8 Å². The molecule has 2 aliphatic heterocycles. The SMILES string of the molecule is CN(C)c1ccc(CN[C@H]2[C@H](O)[C@@H](N(C)CCc3ccccn3)[C@@H]3OC[C@H]2O3)cc1. The standard InChI is InChI=1S/C23H32N4O3/c1-26(2)18-9-7-16(8-10-18)14-25-20-19-15-29-23(30-19)21(22(20)28)27(3)13-11-17-6-4-5-12-24-17/h4-10,12,19-23,25,28H,11,13-15H2,1-3H3/t19-,20-,21-,22+,23-/m1/s1. The van der Waals surface area contributed by atoms with Crippen molar-refractivity contribution in [2.75, 3.05) is 39.2 Å². The fourth-order valence-corrected chi connectivity index (χ4v) is 4.26. The minimum Gasteiger partial charge on any atom is -0.390 e. The Labute approximate surface area is 178 Å². The Morgan fingerprint density at radius 2 is 1.93 bits per heavy atom. The number of benzene rings is 1. The van der Waals surface area contributed by atoms with Crippen molar-refractivity contribution in [1.82, 2.24) is 15.2 Å². The fraction of sp³-hybridized carbons (Fsp3) is 0.522. The van der Waals surface area contributed by atoms with E-state index in [-0.39, 0.29) is 18.2 Å². The molecule has 7 heteroatoms. The van der Waals surface area contributed by atoms with E-state index in [1.165, 1.54) is 11.3 Å². The van der Waals surface area contributed by atoms with Crippen molar-refractivity contribution >= 4 is 5.69 Å². The van der Waals surface area contributed by atoms with E-state index in [1.807, 2.05) is 45.5 Å². The molecule has 2 fully saturated rings. The molecule has 2 aliphatic rings. The number of fused-ring (bicyclic) bond motifs is 2. The highest BCUT2D eigenvalue weighted by Gasteiger charge is 2.51. The van der Waals surface area contributed by atoms with Crippen molar-refractivity contribution in [3.8, 4) is 0 Å². The molecule has 0 saturated carbocycles. The van der Waals surface area contributed by atoms with Crippen LogP contribution in [0.4, 0.5) is 5.69 Å². The number of aliphatic hydroxyl groups excluding tert-OH is 1. The number of ether oxygens (including phenoxy) is 2. The van der Waals surface area contributed by atoms with Crippen LogP contribution in [0, 0.1) is 0 Å². The lowest BCUT2D eigenvalue weighted by Crippen LogP contribution is -2.63. The molecule has 4 rings (SSSR count). The molecule has 2 bridgehead atoms. The molecule has 7 nitrogen and oxygen atoms in total. The van der Waals surface area contributed by atoms with E-state index in [0.717, 1.165) is 18.7 Å². The highest BCUT2D eigenvalue weighted by molar-refractivity contribution is 5.45. The first-order valence-electron chi connectivity index (χ1n) is 10.6. The summed E-state index contributed by atoms with van der Waals surface area (Å²) in [5.41, 5.74) is 3.38. The van der Waals surface area contributed by atoms with E-state index < -0.39 is 12.4 Å². The van der Waals surface area contributed by atoms with Crippen molar-refractivity contribution in [2.24, 2.45) is 0 Å². The lowest BCUT2D eigenvalue weighted by molar-refractivity contribution is -0.178. The number of nitrogens with one attached hydrogen (secondary N) is 1. The number of hydrogen-bond acceptors (Lipinski definition) is 7. The van der Waals surface area contributed by atoms with Gasteiger partial charge in [-0.05, 0) is 36.9 Å². The zero-order chi connectivity index (χ0) is 21.1. The number of hydrogen-bond donors (Lipinski definition) is 2. The molecule has 2 N–H and O–H groups in total. The van der Waals surface area contributed by atoms with Crippen molar-refractivity contribution in [2.45, 2.75) is 43.5 Å². The largest absolute Gasteiger partial charge is 0.390 e. The predicted octanol–water partition coefficient (Wildman–Crippen LogP) is 1.26. The second kappa shape index (κ2) is 9.41. The van der Waals surface area contributed by atoms with Crippen LogP contribution >= 0.6 is 0 Å². The number of likely N-dealkylation sites (N-methyl/N-ethyl adjacent to an activating group) is 1. The molecule has 30 heavy (non-hydrogen) atoms. The summed E-state index contributed by atoms with van der Waals surface area (Å²) < 4.78 is 12.0. The van der Waals surface area contributed by atoms with Crippen molar-refractivity contribution in [3.05, 3.63) is 59.9 Å². The molecule has 1 aromatic heterocycles. The third-order valence-electron chi connectivity index (χ3n) is 6.08. The van der Waals surface area contributed by atoms with Gasteiger partial charge in [-0.25, -0.2) is 0 Å². The van der Waals surface area contributed by atoms with Gasteiger partial charge < -0.3 is 24.8 Å². The Bertz CT molecular complexity index is 802. The van der Waals surface area contributed by atoms with Gasteiger partial charge in [-0.15, -0.1) is 0 Å². The number of nitrogens with zero attached hydrogens (tertiary/aromatic N) is 3. The Morgan fingerprint density at radius 3 is 2.63 bits per heavy atom. The van der Waals surface area contributed by atoms with Crippen LogP contribution in [0.2, 0.25) is 0 Å². The van der Waals surface area contributed by atoms with E-state index >= 15 is 0 Å². The van der Waals surface area contributed by atoms with Crippen LogP contribution in [-0.4, -0.2) is 79.9 Å². The highest BCUT2D eigenvalue weighted by Crippen LogP contribution is 2.31. The molecule has 162 valence electrons. The molecule has 1 aromatic carbocycles. The minimum absolute atomic E-state index is 0.133. The third kappa shape index (κ3) is 4.66. The summed E-state index contributed by atoms with van der Waals surface area (Å²) in [5, 5.41) is 14.7. The maximum Gasteiger partial charge on any atom is 0.176 e. The number of rotatable bonds is 8. The lowest BCUT2D eigenvalue weighted by Gasteiger charge is -2.42. The second-order valence-electron chi connectivity index (χ2n) is 8.38. The number of anilines is 1. The summed E-state index contributed by atoms with van der Waals surface area (Å²) in [4.78, 5) is 8.60. The molecule has 5 atom stereocenters. The van der Waals surface area contributed by atoms with Crippen LogP contribution in [0.5, 0.6) is 0 Å². The molecule has 0 radical (unpaired) electrons. The van der Waals surface area contributed by atoms with Crippen molar-refractivity contribution < 1.29 is 14.6 Å². The monoisotopic (exact) mass is 412 g/mol. The second-order valence-corrected chi connectivity index (χ2v) is 8.38. The third-order valence-corrected chi connectivity index (χ3v) is 6.08. The van der Waals surface area contributed by atoms with Gasteiger partial charge in [-0.3, -0.25) is 9.88 Å². The van der Waals surface area contributed by atoms with Crippen molar-refractivity contribution in [1.29, 1.82) is 0 Å². The summed E-state index contributed by atoms with van der Waals surface area (Å²) >= 11 is 0. The normalized spacial score (nSPS) is 28.1. The van der Waals surface area contributed by atoms with Crippen LogP contribution in [0.3, 0.4) is 0 Å². The average Bonchev–Trinajstić information content (AvgIpc) is 3.18. The topological polar surface area (TPSA) is 70.1 Å². The quantitative estimate of drug-likeness (QED) is 0.677. The average molecular weight is 413 g/mol. The summed E-state index contributed by atoms with van der Waals surface area (Å²) in [6.07, 6.45) is 1.52. The molecular weight excluding hydrogens is 380 g/mol. The predicted molar refractivity (Wildman–Crippen MR) is 116 cm³/mol. The highest BCUT2D eigenvalue weighted by atomic mass is 16.7. The van der Waals surface area contributed by atoms with Crippen LogP contribution in [0.15, 0.2) is 48.7 Å². The van der Waals surface area contributed by atoms with Crippen LogP contribution < -0.4 is 10.2 Å². The Balaban J connectivity index is 1.37. The molecule has 0 amide bonds. The van der Waals surface area contributed by atoms with Crippen LogP contribution in [-0.2, 0) is 22.4 Å². The Kier molecular flexibility index (Phi) is 6.65. The number of aromatic nitrogens is 1. The van der Waals surface area contributed by atoms with E-state index in [4.69, 9.17) is 9.47 Å². The van der Waals surface area contributed by atoms with E-state index in [2.05, 4.69) is 44.4 Å². The maximum atomic E-state index is 11.2. The molecule has 0 aliphatic carbocycles. The zero-order valence-corrected chi connectivity index (χ0v) is 17.9. The minimum atomic E-state index is -0.578. The zero-order valence-electron chi connectivity index (χ0n) is 17.9. The van der Waals surface area contributed by atoms with Gasteiger partial charge in [0.1, 0.15) is 6.10 Å². The smallest absolute Gasteiger partial charge is 0.176 e.